The summed E-state index contributed by atoms with van der Waals surface area (Å²) >= 11 is 0. The van der Waals surface area contributed by atoms with Crippen LogP contribution in [0.2, 0.25) is 0 Å². The lowest BCUT2D eigenvalue weighted by molar-refractivity contribution is -0.137. The topological polar surface area (TPSA) is 46.9 Å². The minimum atomic E-state index is -4.47. The zero-order valence-electron chi connectivity index (χ0n) is 14.6. The summed E-state index contributed by atoms with van der Waals surface area (Å²) < 4.78 is 53.7. The van der Waals surface area contributed by atoms with Crippen LogP contribution in [0.15, 0.2) is 48.5 Å². The maximum absolute atomic E-state index is 13.2. The van der Waals surface area contributed by atoms with Gasteiger partial charge in [-0.05, 0) is 55.3 Å². The van der Waals surface area contributed by atoms with Crippen LogP contribution in [0, 0.1) is 5.82 Å². The fraction of sp³-hybridized carbons (Fsp3) is 0.200. The van der Waals surface area contributed by atoms with Crippen molar-refractivity contribution in [3.63, 3.8) is 0 Å². The first-order valence-electron chi connectivity index (χ1n) is 8.68. The second-order valence-corrected chi connectivity index (χ2v) is 6.54. The summed E-state index contributed by atoms with van der Waals surface area (Å²) in [6, 6.07) is 10.4. The number of halogens is 4. The van der Waals surface area contributed by atoms with E-state index >= 15 is 0 Å². The number of hydrogen-bond donors (Lipinski definition) is 1. The number of nitrogens with one attached hydrogen (secondary N) is 1. The minimum Gasteiger partial charge on any atom is -0.338 e. The Bertz CT molecular complexity index is 1040. The molecule has 0 fully saturated rings. The van der Waals surface area contributed by atoms with Crippen LogP contribution in [0.25, 0.3) is 5.69 Å². The summed E-state index contributed by atoms with van der Waals surface area (Å²) in [4.78, 5) is 12.5. The standard InChI is InChI=1S/C20H15F4N3O/c21-13-7-9-15(10-8-13)27-16-5-2-6-17(28)18(16)19(26-27)25-14-4-1-3-12(11-14)20(22,23)24/h1,3-4,7-11H,2,5-6H2,(H,25,26). The van der Waals surface area contributed by atoms with Gasteiger partial charge in [0, 0.05) is 12.1 Å². The van der Waals surface area contributed by atoms with Crippen molar-refractivity contribution in [1.82, 2.24) is 9.78 Å². The highest BCUT2D eigenvalue weighted by Gasteiger charge is 2.31. The quantitative estimate of drug-likeness (QED) is 0.619. The lowest BCUT2D eigenvalue weighted by Crippen LogP contribution is -2.13. The second-order valence-electron chi connectivity index (χ2n) is 6.54. The molecule has 4 nitrogen and oxygen atoms in total. The molecule has 144 valence electrons. The molecule has 1 aliphatic carbocycles. The molecule has 0 saturated heterocycles. The third-order valence-electron chi connectivity index (χ3n) is 4.60. The van der Waals surface area contributed by atoms with Gasteiger partial charge in [0.1, 0.15) is 5.82 Å². The fourth-order valence-electron chi connectivity index (χ4n) is 3.31. The van der Waals surface area contributed by atoms with Gasteiger partial charge in [-0.25, -0.2) is 9.07 Å². The van der Waals surface area contributed by atoms with Crippen LogP contribution >= 0.6 is 0 Å². The van der Waals surface area contributed by atoms with Gasteiger partial charge in [0.05, 0.1) is 22.5 Å². The Hall–Kier alpha value is -3.16. The number of anilines is 2. The van der Waals surface area contributed by atoms with Gasteiger partial charge in [0.15, 0.2) is 11.6 Å². The van der Waals surface area contributed by atoms with E-state index in [4.69, 9.17) is 0 Å². The number of nitrogens with zero attached hydrogens (tertiary/aromatic N) is 2. The van der Waals surface area contributed by atoms with Crippen molar-refractivity contribution < 1.29 is 22.4 Å². The van der Waals surface area contributed by atoms with Gasteiger partial charge in [0.2, 0.25) is 0 Å². The number of ketones is 1. The molecule has 1 N–H and O–H groups in total. The van der Waals surface area contributed by atoms with E-state index in [1.54, 1.807) is 4.68 Å². The number of Topliss-reactive ketones (excluding diaryl/α,β-unsaturated/α-hetero) is 1. The first-order chi connectivity index (χ1) is 13.3. The molecule has 0 spiro atoms. The van der Waals surface area contributed by atoms with Crippen LogP contribution in [-0.4, -0.2) is 15.6 Å². The van der Waals surface area contributed by atoms with Crippen molar-refractivity contribution in [2.45, 2.75) is 25.4 Å². The molecule has 28 heavy (non-hydrogen) atoms. The fourth-order valence-corrected chi connectivity index (χ4v) is 3.31. The summed E-state index contributed by atoms with van der Waals surface area (Å²) in [5.41, 5.74) is 0.991. The average Bonchev–Trinajstić information content (AvgIpc) is 3.02. The second kappa shape index (κ2) is 6.78. The number of fused-ring (bicyclic) bond motifs is 1. The molecule has 2 aromatic carbocycles. The molecule has 0 bridgehead atoms. The third-order valence-corrected chi connectivity index (χ3v) is 4.60. The van der Waals surface area contributed by atoms with Gasteiger partial charge < -0.3 is 5.32 Å². The summed E-state index contributed by atoms with van der Waals surface area (Å²) in [5.74, 6) is -0.324. The van der Waals surface area contributed by atoms with Crippen LogP contribution in [0.4, 0.5) is 29.1 Å². The Morgan fingerprint density at radius 1 is 1.04 bits per heavy atom. The maximum Gasteiger partial charge on any atom is 0.416 e. The van der Waals surface area contributed by atoms with Gasteiger partial charge >= 0.3 is 6.18 Å². The van der Waals surface area contributed by atoms with Gasteiger partial charge in [-0.1, -0.05) is 6.07 Å². The molecule has 0 radical (unpaired) electrons. The predicted molar refractivity (Wildman–Crippen MR) is 95.5 cm³/mol. The Labute approximate surface area is 157 Å². The summed E-state index contributed by atoms with van der Waals surface area (Å²) in [6.45, 7) is 0. The van der Waals surface area contributed by atoms with Gasteiger partial charge in [-0.15, -0.1) is 5.10 Å². The number of carbonyl (C=O) groups excluding carboxylic acids is 1. The van der Waals surface area contributed by atoms with Crippen molar-refractivity contribution in [3.05, 3.63) is 71.2 Å². The highest BCUT2D eigenvalue weighted by atomic mass is 19.4. The molecule has 4 rings (SSSR count). The van der Waals surface area contributed by atoms with Gasteiger partial charge in [-0.2, -0.15) is 13.2 Å². The Morgan fingerprint density at radius 3 is 2.50 bits per heavy atom. The average molecular weight is 389 g/mol. The number of aromatic nitrogens is 2. The third kappa shape index (κ3) is 3.37. The molecule has 0 saturated carbocycles. The molecule has 1 heterocycles. The minimum absolute atomic E-state index is 0.121. The summed E-state index contributed by atoms with van der Waals surface area (Å²) in [5, 5.41) is 7.26. The molecule has 0 amide bonds. The monoisotopic (exact) mass is 389 g/mol. The van der Waals surface area contributed by atoms with Crippen molar-refractivity contribution >= 4 is 17.3 Å². The molecular formula is C20H15F4N3O. The van der Waals surface area contributed by atoms with E-state index in [1.165, 1.54) is 36.4 Å². The molecule has 8 heteroatoms. The highest BCUT2D eigenvalue weighted by molar-refractivity contribution is 6.03. The van der Waals surface area contributed by atoms with E-state index in [9.17, 15) is 22.4 Å². The van der Waals surface area contributed by atoms with Crippen LogP contribution in [0.5, 0.6) is 0 Å². The Morgan fingerprint density at radius 2 is 1.79 bits per heavy atom. The molecule has 1 aliphatic rings. The Balaban J connectivity index is 1.77. The predicted octanol–water partition coefficient (Wildman–Crippen LogP) is 5.29. The van der Waals surface area contributed by atoms with E-state index in [-0.39, 0.29) is 17.3 Å². The first-order valence-corrected chi connectivity index (χ1v) is 8.68. The van der Waals surface area contributed by atoms with E-state index in [2.05, 4.69) is 10.4 Å². The number of benzene rings is 2. The lowest BCUT2D eigenvalue weighted by Gasteiger charge is -2.14. The lowest BCUT2D eigenvalue weighted by atomic mass is 9.95. The number of hydrogen-bond acceptors (Lipinski definition) is 3. The molecule has 0 aliphatic heterocycles. The van der Waals surface area contributed by atoms with E-state index in [0.717, 1.165) is 12.1 Å². The van der Waals surface area contributed by atoms with E-state index < -0.39 is 17.6 Å². The number of alkyl halides is 3. The van der Waals surface area contributed by atoms with E-state index in [0.29, 0.717) is 36.2 Å². The van der Waals surface area contributed by atoms with Crippen molar-refractivity contribution in [2.24, 2.45) is 0 Å². The van der Waals surface area contributed by atoms with Crippen LogP contribution < -0.4 is 5.32 Å². The largest absolute Gasteiger partial charge is 0.416 e. The smallest absolute Gasteiger partial charge is 0.338 e. The molecular weight excluding hydrogens is 374 g/mol. The van der Waals surface area contributed by atoms with Crippen molar-refractivity contribution in [3.8, 4) is 5.69 Å². The zero-order valence-corrected chi connectivity index (χ0v) is 14.6. The normalized spacial score (nSPS) is 14.1. The van der Waals surface area contributed by atoms with Crippen molar-refractivity contribution in [1.29, 1.82) is 0 Å². The summed E-state index contributed by atoms with van der Waals surface area (Å²) in [7, 11) is 0. The first kappa shape index (κ1) is 18.2. The number of carbonyl (C=O) groups is 1. The molecule has 0 unspecified atom stereocenters. The molecule has 0 atom stereocenters. The van der Waals surface area contributed by atoms with Gasteiger partial charge in [-0.3, -0.25) is 4.79 Å². The Kier molecular flexibility index (Phi) is 4.41. The van der Waals surface area contributed by atoms with Crippen molar-refractivity contribution in [2.75, 3.05) is 5.32 Å². The van der Waals surface area contributed by atoms with Gasteiger partial charge in [0.25, 0.3) is 0 Å². The highest BCUT2D eigenvalue weighted by Crippen LogP contribution is 2.34. The van der Waals surface area contributed by atoms with Crippen LogP contribution in [-0.2, 0) is 12.6 Å². The molecule has 3 aromatic rings. The molecule has 1 aromatic heterocycles. The maximum atomic E-state index is 13.2. The SMILES string of the molecule is O=C1CCCc2c1c(Nc1cccc(C(F)(F)F)c1)nn2-c1ccc(F)cc1. The summed E-state index contributed by atoms with van der Waals surface area (Å²) in [6.07, 6.45) is -2.88. The number of rotatable bonds is 3. The van der Waals surface area contributed by atoms with E-state index in [1.807, 2.05) is 0 Å². The van der Waals surface area contributed by atoms with Crippen LogP contribution in [0.3, 0.4) is 0 Å². The zero-order chi connectivity index (χ0) is 19.9. The van der Waals surface area contributed by atoms with Crippen LogP contribution in [0.1, 0.15) is 34.5 Å².